The number of nitrogens with zero attached hydrogens (tertiary/aromatic N) is 2. The fourth-order valence-electron chi connectivity index (χ4n) is 3.32. The molecule has 2 N–H and O–H groups in total. The molecule has 0 spiro atoms. The number of hydrogen-bond donors (Lipinski definition) is 2. The third-order valence-corrected chi connectivity index (χ3v) is 5.14. The van der Waals surface area contributed by atoms with Gasteiger partial charge in [0.1, 0.15) is 23.1 Å². The lowest BCUT2D eigenvalue weighted by Gasteiger charge is -2.16. The minimum Gasteiger partial charge on any atom is -0.457 e. The highest BCUT2D eigenvalue weighted by Crippen LogP contribution is 2.30. The lowest BCUT2D eigenvalue weighted by molar-refractivity contribution is -0.112. The maximum atomic E-state index is 13.1. The van der Waals surface area contributed by atoms with Gasteiger partial charge >= 0.3 is 0 Å². The van der Waals surface area contributed by atoms with Crippen LogP contribution in [0.15, 0.2) is 84.0 Å². The van der Waals surface area contributed by atoms with E-state index in [2.05, 4.69) is 27.2 Å². The number of aromatic nitrogens is 1. The molecule has 0 fully saturated rings. The van der Waals surface area contributed by atoms with Gasteiger partial charge in [-0.05, 0) is 42.8 Å². The van der Waals surface area contributed by atoms with E-state index in [0.29, 0.717) is 36.0 Å². The van der Waals surface area contributed by atoms with Gasteiger partial charge in [0.2, 0.25) is 0 Å². The van der Waals surface area contributed by atoms with Crippen molar-refractivity contribution in [3.05, 3.63) is 102 Å². The number of hydrogen-bond acceptors (Lipinski definition) is 5. The van der Waals surface area contributed by atoms with Crippen molar-refractivity contribution in [3.63, 3.8) is 0 Å². The summed E-state index contributed by atoms with van der Waals surface area (Å²) in [6.07, 6.45) is 4.87. The number of rotatable bonds is 8. The number of pyridine rings is 1. The summed E-state index contributed by atoms with van der Waals surface area (Å²) in [6, 6.07) is 15.4. The Balaban J connectivity index is 0.00000167. The number of ether oxygens (including phenoxy) is 1. The standard InChI is InChI=1S/C26H23FN4O2.C2H6.2H2/c1-17-23(18(2)30-15-19-6-8-21(27)9-7-19)4-3-5-24(17)33-22-11-13-29-25(14-22)31-26(32)20-10-12-28-16-20;1-2;;/h3-11,13-14,16,30H,2,12,15H2,1H3,(H,29,31,32);1-2H3;2*1H. The highest BCUT2D eigenvalue weighted by molar-refractivity contribution is 6.18. The van der Waals surface area contributed by atoms with Gasteiger partial charge in [0.05, 0.1) is 12.1 Å². The van der Waals surface area contributed by atoms with E-state index in [-0.39, 0.29) is 14.6 Å². The average Bonchev–Trinajstić information content (AvgIpc) is 3.42. The summed E-state index contributed by atoms with van der Waals surface area (Å²) in [5.74, 6) is 1.06. The Labute approximate surface area is 208 Å². The van der Waals surface area contributed by atoms with Crippen LogP contribution in [-0.2, 0) is 11.3 Å². The van der Waals surface area contributed by atoms with E-state index in [9.17, 15) is 9.18 Å². The lowest BCUT2D eigenvalue weighted by Crippen LogP contribution is -2.15. The molecular formula is C28H33FN4O2. The number of anilines is 1. The first-order valence-electron chi connectivity index (χ1n) is 11.4. The van der Waals surface area contributed by atoms with E-state index in [4.69, 9.17) is 4.74 Å². The number of carbonyl (C=O) groups is 1. The van der Waals surface area contributed by atoms with Crippen molar-refractivity contribution in [1.29, 1.82) is 0 Å². The third-order valence-electron chi connectivity index (χ3n) is 5.14. The zero-order valence-corrected chi connectivity index (χ0v) is 20.1. The molecule has 0 radical (unpaired) electrons. The summed E-state index contributed by atoms with van der Waals surface area (Å²) in [4.78, 5) is 20.5. The van der Waals surface area contributed by atoms with Crippen LogP contribution in [0.5, 0.6) is 11.5 Å². The van der Waals surface area contributed by atoms with E-state index in [1.807, 2.05) is 39.0 Å². The largest absolute Gasteiger partial charge is 0.457 e. The molecule has 2 aromatic carbocycles. The molecule has 1 amide bonds. The van der Waals surface area contributed by atoms with E-state index >= 15 is 0 Å². The van der Waals surface area contributed by atoms with Crippen molar-refractivity contribution in [2.45, 2.75) is 27.3 Å². The molecule has 0 unspecified atom stereocenters. The van der Waals surface area contributed by atoms with E-state index in [1.165, 1.54) is 12.1 Å². The summed E-state index contributed by atoms with van der Waals surface area (Å²) in [5.41, 5.74) is 4.01. The molecule has 0 bridgehead atoms. The monoisotopic (exact) mass is 476 g/mol. The second-order valence-corrected chi connectivity index (χ2v) is 7.47. The number of halogens is 1. The van der Waals surface area contributed by atoms with Crippen molar-refractivity contribution in [1.82, 2.24) is 10.3 Å². The van der Waals surface area contributed by atoms with Crippen molar-refractivity contribution < 1.29 is 16.8 Å². The van der Waals surface area contributed by atoms with Crippen LogP contribution in [0.4, 0.5) is 10.2 Å². The molecule has 184 valence electrons. The Hall–Kier alpha value is -4.26. The number of nitrogens with one attached hydrogen (secondary N) is 2. The fraction of sp³-hybridized carbons (Fsp3) is 0.179. The highest BCUT2D eigenvalue weighted by Gasteiger charge is 2.13. The lowest BCUT2D eigenvalue weighted by atomic mass is 10.0. The molecule has 0 atom stereocenters. The molecule has 4 rings (SSSR count). The Morgan fingerprint density at radius 3 is 2.66 bits per heavy atom. The molecule has 6 nitrogen and oxygen atoms in total. The Morgan fingerprint density at radius 2 is 1.94 bits per heavy atom. The van der Waals surface area contributed by atoms with Crippen LogP contribution in [0.2, 0.25) is 0 Å². The van der Waals surface area contributed by atoms with Crippen molar-refractivity contribution in [2.75, 3.05) is 11.9 Å². The van der Waals surface area contributed by atoms with Gasteiger partial charge in [0.25, 0.3) is 5.91 Å². The van der Waals surface area contributed by atoms with Crippen molar-refractivity contribution in [3.8, 4) is 11.5 Å². The number of carbonyl (C=O) groups excluding carboxylic acids is 1. The van der Waals surface area contributed by atoms with Crippen LogP contribution in [-0.4, -0.2) is 23.7 Å². The number of benzene rings is 2. The zero-order valence-electron chi connectivity index (χ0n) is 20.1. The van der Waals surface area contributed by atoms with Crippen LogP contribution in [0.3, 0.4) is 0 Å². The van der Waals surface area contributed by atoms with Crippen LogP contribution in [0.25, 0.3) is 5.70 Å². The molecule has 3 aromatic rings. The molecule has 1 aliphatic heterocycles. The molecule has 2 heterocycles. The van der Waals surface area contributed by atoms with E-state index in [0.717, 1.165) is 22.4 Å². The quantitative estimate of drug-likeness (QED) is 0.387. The molecule has 1 aromatic heterocycles. The predicted octanol–water partition coefficient (Wildman–Crippen LogP) is 6.55. The minimum atomic E-state index is -0.262. The van der Waals surface area contributed by atoms with Gasteiger partial charge in [-0.3, -0.25) is 9.79 Å². The van der Waals surface area contributed by atoms with Crippen LogP contribution in [0.1, 0.15) is 33.4 Å². The normalized spacial score (nSPS) is 11.7. The van der Waals surface area contributed by atoms with Gasteiger partial charge < -0.3 is 15.4 Å². The average molecular weight is 477 g/mol. The third kappa shape index (κ3) is 6.86. The van der Waals surface area contributed by atoms with Crippen LogP contribution >= 0.6 is 0 Å². The zero-order chi connectivity index (χ0) is 25.2. The van der Waals surface area contributed by atoms with Crippen LogP contribution < -0.4 is 15.4 Å². The van der Waals surface area contributed by atoms with Crippen molar-refractivity contribution in [2.24, 2.45) is 4.99 Å². The highest BCUT2D eigenvalue weighted by atomic mass is 19.1. The maximum Gasteiger partial charge on any atom is 0.258 e. The first-order chi connectivity index (χ1) is 17.0. The fourth-order valence-corrected chi connectivity index (χ4v) is 3.32. The molecule has 0 saturated carbocycles. The predicted molar refractivity (Wildman–Crippen MR) is 143 cm³/mol. The Morgan fingerprint density at radius 1 is 1.17 bits per heavy atom. The van der Waals surface area contributed by atoms with Gasteiger partial charge in [0.15, 0.2) is 0 Å². The van der Waals surface area contributed by atoms with Gasteiger partial charge in [0, 0.05) is 44.7 Å². The number of aliphatic imine (C=N–C) groups is 1. The van der Waals surface area contributed by atoms with Crippen molar-refractivity contribution >= 4 is 23.6 Å². The molecular weight excluding hydrogens is 443 g/mol. The topological polar surface area (TPSA) is 75.6 Å². The smallest absolute Gasteiger partial charge is 0.258 e. The van der Waals surface area contributed by atoms with Gasteiger partial charge in [-0.1, -0.05) is 44.7 Å². The second kappa shape index (κ2) is 12.3. The summed E-state index contributed by atoms with van der Waals surface area (Å²) >= 11 is 0. The molecule has 7 heteroatoms. The minimum absolute atomic E-state index is 0. The van der Waals surface area contributed by atoms with E-state index < -0.39 is 0 Å². The SMILES string of the molecule is C=C(NCc1ccc(F)cc1)c1cccc(Oc2ccnc(NC(=O)C3=CCN=C3)c2)c1C.CC.[HH].[HH]. The Bertz CT molecular complexity index is 1260. The molecule has 35 heavy (non-hydrogen) atoms. The van der Waals surface area contributed by atoms with Gasteiger partial charge in [-0.25, -0.2) is 9.37 Å². The molecule has 0 aliphatic carbocycles. The summed E-state index contributed by atoms with van der Waals surface area (Å²) in [6.45, 7) is 11.1. The maximum absolute atomic E-state index is 13.1. The molecule has 1 aliphatic rings. The molecule has 0 saturated heterocycles. The first-order valence-corrected chi connectivity index (χ1v) is 11.4. The second-order valence-electron chi connectivity index (χ2n) is 7.47. The first kappa shape index (κ1) is 25.4. The van der Waals surface area contributed by atoms with Crippen LogP contribution in [0, 0.1) is 12.7 Å². The summed E-state index contributed by atoms with van der Waals surface area (Å²) in [5, 5.41) is 6.03. The van der Waals surface area contributed by atoms with E-state index in [1.54, 1.807) is 42.8 Å². The Kier molecular flexibility index (Phi) is 8.89. The summed E-state index contributed by atoms with van der Waals surface area (Å²) < 4.78 is 19.2. The number of amides is 1. The van der Waals surface area contributed by atoms with Gasteiger partial charge in [-0.15, -0.1) is 0 Å². The van der Waals surface area contributed by atoms with Gasteiger partial charge in [-0.2, -0.15) is 0 Å². The summed E-state index contributed by atoms with van der Waals surface area (Å²) in [7, 11) is 0.